The lowest BCUT2D eigenvalue weighted by atomic mass is 9.98. The standard InChI is InChI=1S/C13H9N7O.C7H13NO/c21-13-14-7-10(17-19-13)8-2-3-11(20-5-1-4-16-20)12-9(8)6-15-18-12;1-2-6-4-9-5-7(3-1)8-6/h1-7H,(H,15,18)(H,14,19,21);6-8H,1-5H2. The Kier molecular flexibility index (Phi) is 5.08. The van der Waals surface area contributed by atoms with Crippen molar-refractivity contribution < 1.29 is 4.74 Å². The summed E-state index contributed by atoms with van der Waals surface area (Å²) >= 11 is 0. The summed E-state index contributed by atoms with van der Waals surface area (Å²) in [5.41, 5.74) is 2.65. The summed E-state index contributed by atoms with van der Waals surface area (Å²) in [5, 5.41) is 22.0. The second kappa shape index (κ2) is 8.17. The molecular formula is C20H22N8O2. The quantitative estimate of drug-likeness (QED) is 0.459. The van der Waals surface area contributed by atoms with E-state index in [9.17, 15) is 4.79 Å². The van der Waals surface area contributed by atoms with E-state index in [2.05, 4.69) is 35.8 Å². The third-order valence-electron chi connectivity index (χ3n) is 5.41. The van der Waals surface area contributed by atoms with Crippen LogP contribution in [0.5, 0.6) is 0 Å². The zero-order valence-electron chi connectivity index (χ0n) is 16.3. The fraction of sp³-hybridized carbons (Fsp3) is 0.350. The topological polar surface area (TPSA) is 126 Å². The average molecular weight is 406 g/mol. The van der Waals surface area contributed by atoms with Crippen molar-refractivity contribution in [3.63, 3.8) is 0 Å². The van der Waals surface area contributed by atoms with Crippen LogP contribution < -0.4 is 11.0 Å². The number of benzene rings is 1. The van der Waals surface area contributed by atoms with Crippen LogP contribution >= 0.6 is 0 Å². The van der Waals surface area contributed by atoms with Gasteiger partial charge >= 0.3 is 5.69 Å². The van der Waals surface area contributed by atoms with Crippen molar-refractivity contribution in [2.75, 3.05) is 13.2 Å². The molecule has 2 aliphatic rings. The predicted molar refractivity (Wildman–Crippen MR) is 110 cm³/mol. The predicted octanol–water partition coefficient (Wildman–Crippen LogP) is 1.42. The van der Waals surface area contributed by atoms with Crippen LogP contribution in [0.4, 0.5) is 0 Å². The van der Waals surface area contributed by atoms with Crippen LogP contribution in [0.3, 0.4) is 0 Å². The van der Waals surface area contributed by atoms with Gasteiger partial charge in [-0.05, 0) is 31.0 Å². The van der Waals surface area contributed by atoms with Crippen LogP contribution in [0.2, 0.25) is 0 Å². The second-order valence-electron chi connectivity index (χ2n) is 7.44. The highest BCUT2D eigenvalue weighted by atomic mass is 16.5. The largest absolute Gasteiger partial charge is 0.378 e. The minimum atomic E-state index is -0.477. The molecule has 3 aromatic heterocycles. The molecule has 2 aliphatic heterocycles. The lowest BCUT2D eigenvalue weighted by Crippen LogP contribution is -2.51. The second-order valence-corrected chi connectivity index (χ2v) is 7.44. The molecule has 0 amide bonds. The molecule has 3 N–H and O–H groups in total. The Bertz CT molecular complexity index is 1140. The molecule has 2 unspecified atom stereocenters. The highest BCUT2D eigenvalue weighted by molar-refractivity contribution is 5.97. The number of piperidine rings is 1. The van der Waals surface area contributed by atoms with E-state index in [1.165, 1.54) is 25.5 Å². The fourth-order valence-corrected chi connectivity index (χ4v) is 3.99. The first-order valence-corrected chi connectivity index (χ1v) is 10.00. The molecule has 0 spiro atoms. The molecule has 4 aromatic rings. The molecule has 0 aliphatic carbocycles. The third-order valence-corrected chi connectivity index (χ3v) is 5.41. The van der Waals surface area contributed by atoms with Gasteiger partial charge in [0.1, 0.15) is 5.69 Å². The van der Waals surface area contributed by atoms with Gasteiger partial charge in [-0.3, -0.25) is 5.10 Å². The number of H-pyrrole nitrogens is 2. The van der Waals surface area contributed by atoms with Gasteiger partial charge in [0.05, 0.1) is 36.8 Å². The molecule has 5 heterocycles. The molecule has 10 heteroatoms. The van der Waals surface area contributed by atoms with Crippen molar-refractivity contribution in [3.8, 4) is 16.9 Å². The lowest BCUT2D eigenvalue weighted by molar-refractivity contribution is 0.0238. The normalized spacial score (nSPS) is 20.5. The Morgan fingerprint density at radius 1 is 1.10 bits per heavy atom. The molecule has 2 bridgehead atoms. The molecule has 2 atom stereocenters. The molecule has 0 saturated carbocycles. The first-order valence-electron chi connectivity index (χ1n) is 10.00. The Labute approximate surface area is 171 Å². The number of hydrogen-bond acceptors (Lipinski definition) is 7. The van der Waals surface area contributed by atoms with Crippen LogP contribution in [0.1, 0.15) is 19.3 Å². The van der Waals surface area contributed by atoms with Gasteiger partial charge in [0, 0.05) is 35.4 Å². The smallest absolute Gasteiger partial charge is 0.361 e. The van der Waals surface area contributed by atoms with Crippen molar-refractivity contribution in [1.29, 1.82) is 0 Å². The first-order chi connectivity index (χ1) is 14.8. The van der Waals surface area contributed by atoms with Crippen LogP contribution in [0.25, 0.3) is 27.8 Å². The molecule has 10 nitrogen and oxygen atoms in total. The number of rotatable bonds is 2. The first kappa shape index (κ1) is 18.6. The molecule has 154 valence electrons. The zero-order valence-corrected chi connectivity index (χ0v) is 16.3. The molecular weight excluding hydrogens is 384 g/mol. The van der Waals surface area contributed by atoms with Crippen LogP contribution in [-0.4, -0.2) is 60.5 Å². The van der Waals surface area contributed by atoms with E-state index in [4.69, 9.17) is 4.74 Å². The number of ether oxygens (including phenoxy) is 1. The molecule has 0 radical (unpaired) electrons. The summed E-state index contributed by atoms with van der Waals surface area (Å²) in [5.74, 6) is 0. The van der Waals surface area contributed by atoms with Gasteiger partial charge in [-0.1, -0.05) is 6.42 Å². The number of nitrogens with one attached hydrogen (secondary N) is 3. The molecule has 30 heavy (non-hydrogen) atoms. The molecule has 2 saturated heterocycles. The van der Waals surface area contributed by atoms with Crippen molar-refractivity contribution >= 4 is 10.9 Å². The maximum atomic E-state index is 11.0. The van der Waals surface area contributed by atoms with E-state index in [0.717, 1.165) is 35.4 Å². The molecule has 1 aromatic carbocycles. The van der Waals surface area contributed by atoms with Crippen molar-refractivity contribution in [2.45, 2.75) is 31.3 Å². The Hall–Kier alpha value is -3.37. The maximum absolute atomic E-state index is 11.0. The van der Waals surface area contributed by atoms with E-state index in [-0.39, 0.29) is 0 Å². The van der Waals surface area contributed by atoms with Gasteiger partial charge in [-0.15, -0.1) is 0 Å². The average Bonchev–Trinajstić information content (AvgIpc) is 3.47. The number of fused-ring (bicyclic) bond motifs is 3. The minimum absolute atomic E-state index is 0.477. The monoisotopic (exact) mass is 406 g/mol. The van der Waals surface area contributed by atoms with Crippen LogP contribution in [0.15, 0.2) is 47.8 Å². The van der Waals surface area contributed by atoms with E-state index in [1.54, 1.807) is 17.1 Å². The van der Waals surface area contributed by atoms with Crippen molar-refractivity contribution in [2.24, 2.45) is 0 Å². The summed E-state index contributed by atoms with van der Waals surface area (Å²) in [6.07, 6.45) is 10.7. The van der Waals surface area contributed by atoms with Gasteiger partial charge in [0.2, 0.25) is 0 Å². The van der Waals surface area contributed by atoms with Gasteiger partial charge < -0.3 is 10.1 Å². The summed E-state index contributed by atoms with van der Waals surface area (Å²) in [6, 6.07) is 7.02. The maximum Gasteiger partial charge on any atom is 0.361 e. The Balaban J connectivity index is 0.000000178. The highest BCUT2D eigenvalue weighted by Gasteiger charge is 2.25. The fourth-order valence-electron chi connectivity index (χ4n) is 3.99. The highest BCUT2D eigenvalue weighted by Crippen LogP contribution is 2.29. The van der Waals surface area contributed by atoms with Gasteiger partial charge in [-0.2, -0.15) is 20.3 Å². The third kappa shape index (κ3) is 3.74. The summed E-state index contributed by atoms with van der Waals surface area (Å²) in [6.45, 7) is 1.88. The zero-order chi connectivity index (χ0) is 20.3. The number of morpholine rings is 1. The Morgan fingerprint density at radius 2 is 1.97 bits per heavy atom. The van der Waals surface area contributed by atoms with Gasteiger partial charge in [0.25, 0.3) is 0 Å². The number of aromatic amines is 2. The van der Waals surface area contributed by atoms with Gasteiger partial charge in [0.15, 0.2) is 0 Å². The van der Waals surface area contributed by atoms with E-state index < -0.39 is 5.69 Å². The van der Waals surface area contributed by atoms with E-state index >= 15 is 0 Å². The summed E-state index contributed by atoms with van der Waals surface area (Å²) in [4.78, 5) is 14.7. The molecule has 6 rings (SSSR count). The van der Waals surface area contributed by atoms with Crippen molar-refractivity contribution in [3.05, 3.63) is 53.5 Å². The van der Waals surface area contributed by atoms with E-state index in [1.807, 2.05) is 24.4 Å². The van der Waals surface area contributed by atoms with Crippen LogP contribution in [0, 0.1) is 0 Å². The SMILES string of the molecule is C1CC2COCC(C1)N2.O=c1ncc(-c2ccc(-n3cccn3)c3[nH]ncc23)n[nH]1. The summed E-state index contributed by atoms with van der Waals surface area (Å²) < 4.78 is 7.13. The number of hydrogen-bond donors (Lipinski definition) is 3. The van der Waals surface area contributed by atoms with Gasteiger partial charge in [-0.25, -0.2) is 14.6 Å². The van der Waals surface area contributed by atoms with Crippen molar-refractivity contribution in [1.82, 2.24) is 40.5 Å². The molecule has 2 fully saturated rings. The number of aromatic nitrogens is 7. The van der Waals surface area contributed by atoms with E-state index in [0.29, 0.717) is 17.8 Å². The Morgan fingerprint density at radius 3 is 2.67 bits per heavy atom. The van der Waals surface area contributed by atoms with Crippen LogP contribution in [-0.2, 0) is 4.74 Å². The lowest BCUT2D eigenvalue weighted by Gasteiger charge is -2.35. The minimum Gasteiger partial charge on any atom is -0.378 e. The number of nitrogens with zero attached hydrogens (tertiary/aromatic N) is 5. The summed E-state index contributed by atoms with van der Waals surface area (Å²) in [7, 11) is 0.